The maximum Gasteiger partial charge on any atom is 2.00 e. The summed E-state index contributed by atoms with van der Waals surface area (Å²) in [6.07, 6.45) is 35.2. The molecule has 7 nitrogen and oxygen atoms in total. The molecule has 1 saturated heterocycles. The Morgan fingerprint density at radius 1 is 0.651 bits per heavy atom. The minimum Gasteiger partial charge on any atom is -1.00 e. The van der Waals surface area contributed by atoms with E-state index in [1.54, 1.807) is 23.3 Å². The van der Waals surface area contributed by atoms with E-state index in [1.165, 1.54) is 83.5 Å². The topological polar surface area (TPSA) is 135 Å². The van der Waals surface area contributed by atoms with Crippen molar-refractivity contribution in [2.24, 2.45) is 80.8 Å². The van der Waals surface area contributed by atoms with Gasteiger partial charge in [-0.05, 0) is 270 Å². The van der Waals surface area contributed by atoms with Gasteiger partial charge in [0, 0.05) is 24.1 Å². The summed E-state index contributed by atoms with van der Waals surface area (Å²) in [7, 11) is 0. The number of fused-ring (bicyclic) bond motifs is 10. The van der Waals surface area contributed by atoms with Crippen LogP contribution < -0.4 is 12.4 Å². The van der Waals surface area contributed by atoms with E-state index in [4.69, 9.17) is 15.3 Å². The Morgan fingerprint density at radius 3 is 1.46 bits per heavy atom. The van der Waals surface area contributed by atoms with E-state index < -0.39 is 17.3 Å². The number of hydrogen-bond donors (Lipinski definition) is 3. The predicted octanol–water partition coefficient (Wildman–Crippen LogP) is 15.0. The molecule has 0 spiro atoms. The van der Waals surface area contributed by atoms with E-state index in [1.807, 2.05) is 62.7 Å². The fourth-order valence-electron chi connectivity index (χ4n) is 19.1. The Labute approximate surface area is 535 Å². The number of aliphatic hydroxyl groups excluding tert-OH is 1. The predicted molar refractivity (Wildman–Crippen MR) is 340 cm³/mol. The van der Waals surface area contributed by atoms with E-state index in [-0.39, 0.29) is 35.5 Å². The van der Waals surface area contributed by atoms with Crippen LogP contribution in [0.25, 0.3) is 0 Å². The number of hydrogen-bond acceptors (Lipinski definition) is 7. The SMILES string of the molecule is C1CCOC1.CC[C@]1(O)CC[C@@]2(C)C(=CC[C@H]3[C@@H]4CC[C@H]([C@H](C)CCC(O)c5ccc(C#N)cc5)[C@@]4(C)CC[C@@H]32)C1.CC[C@]1(O)CC[C@@]2(C)C(=CC[C@H]3[C@@H]4CC[C@H]([C@H](C)CCC=O)[C@@]4(C)CC[C@@H]32)C1.C[CH-]C.N#Cc1ccc(Br)cc1.[Cl-].[Mg+2]. The van der Waals surface area contributed by atoms with Gasteiger partial charge in [-0.15, -0.1) is 0 Å². The molecular weight excluding hydrogens is 1120 g/mol. The first kappa shape index (κ1) is 71.7. The average Bonchev–Trinajstić information content (AvgIpc) is 2.48. The minimum atomic E-state index is -0.475. The number of ether oxygens (including phenoxy) is 1. The molecule has 17 atom stereocenters. The molecule has 0 bridgehead atoms. The molecule has 1 heterocycles. The van der Waals surface area contributed by atoms with Crippen molar-refractivity contribution in [1.29, 1.82) is 10.5 Å². The normalized spacial score (nSPS) is 37.0. The largest absolute Gasteiger partial charge is 2.00 e. The molecule has 2 aromatic rings. The molecule has 83 heavy (non-hydrogen) atoms. The molecule has 6 saturated carbocycles. The van der Waals surface area contributed by atoms with Crippen LogP contribution in [0.4, 0.5) is 0 Å². The Bertz CT molecular complexity index is 2500. The molecule has 1 unspecified atom stereocenters. The quantitative estimate of drug-likeness (QED) is 0.0883. The first-order valence-corrected chi connectivity index (χ1v) is 33.4. The summed E-state index contributed by atoms with van der Waals surface area (Å²) in [5.74, 6) is 7.74. The summed E-state index contributed by atoms with van der Waals surface area (Å²) in [4.78, 5) is 10.9. The number of nitrogens with zero attached hydrogens (tertiary/aromatic N) is 2. The zero-order chi connectivity index (χ0) is 58.8. The molecule has 10 heteroatoms. The third kappa shape index (κ3) is 16.1. The molecule has 0 aromatic heterocycles. The van der Waals surface area contributed by atoms with E-state index in [2.05, 4.69) is 89.5 Å². The van der Waals surface area contributed by atoms with Crippen LogP contribution in [0.15, 0.2) is 76.3 Å². The first-order valence-electron chi connectivity index (χ1n) is 32.6. The van der Waals surface area contributed by atoms with Gasteiger partial charge in [-0.2, -0.15) is 24.4 Å². The van der Waals surface area contributed by atoms with Crippen LogP contribution in [0.2, 0.25) is 0 Å². The number of nitriles is 2. The fourth-order valence-corrected chi connectivity index (χ4v) is 19.4. The summed E-state index contributed by atoms with van der Waals surface area (Å²) >= 11 is 3.27. The molecule has 11 rings (SSSR count). The van der Waals surface area contributed by atoms with Crippen molar-refractivity contribution < 1.29 is 37.3 Å². The van der Waals surface area contributed by atoms with Gasteiger partial charge in [-0.3, -0.25) is 0 Å². The Hall–Kier alpha value is -2.05. The van der Waals surface area contributed by atoms with Gasteiger partial charge < -0.3 is 43.7 Å². The maximum atomic E-state index is 11.0. The van der Waals surface area contributed by atoms with Gasteiger partial charge in [-0.25, -0.2) is 0 Å². The Balaban J connectivity index is 0.000000236. The summed E-state index contributed by atoms with van der Waals surface area (Å²) in [5, 5.41) is 50.2. The van der Waals surface area contributed by atoms with Crippen molar-refractivity contribution in [3.63, 3.8) is 0 Å². The molecule has 9 aliphatic rings. The second kappa shape index (κ2) is 31.4. The summed E-state index contributed by atoms with van der Waals surface area (Å²) < 4.78 is 5.95. The second-order valence-corrected chi connectivity index (χ2v) is 29.4. The number of aliphatic hydroxyl groups is 3. The van der Waals surface area contributed by atoms with Crippen LogP contribution >= 0.6 is 15.9 Å². The summed E-state index contributed by atoms with van der Waals surface area (Å²) in [6, 6.07) is 18.8. The zero-order valence-electron chi connectivity index (χ0n) is 53.2. The fraction of sp³-hybridized carbons (Fsp3) is 0.726. The first-order chi connectivity index (χ1) is 38.6. The molecule has 456 valence electrons. The summed E-state index contributed by atoms with van der Waals surface area (Å²) in [5.41, 5.74) is 6.01. The maximum absolute atomic E-state index is 11.0. The molecular formula is C73H108BrClMgN2O5. The third-order valence-corrected chi connectivity index (χ3v) is 24.7. The monoisotopic (exact) mass is 1230 g/mol. The Kier molecular flexibility index (Phi) is 27.1. The molecule has 0 amide bonds. The van der Waals surface area contributed by atoms with Gasteiger partial charge in [0.05, 0.1) is 40.6 Å². The van der Waals surface area contributed by atoms with E-state index in [9.17, 15) is 20.1 Å². The third-order valence-electron chi connectivity index (χ3n) is 24.2. The average molecular weight is 1230 g/mol. The van der Waals surface area contributed by atoms with Crippen LogP contribution in [0.1, 0.15) is 246 Å². The van der Waals surface area contributed by atoms with Crippen LogP contribution in [0, 0.1) is 110 Å². The van der Waals surface area contributed by atoms with Gasteiger partial charge >= 0.3 is 23.1 Å². The van der Waals surface area contributed by atoms with Gasteiger partial charge in [0.25, 0.3) is 0 Å². The van der Waals surface area contributed by atoms with Crippen LogP contribution in [0.5, 0.6) is 0 Å². The van der Waals surface area contributed by atoms with Gasteiger partial charge in [0.15, 0.2) is 0 Å². The molecule has 2 aromatic carbocycles. The number of halogens is 2. The minimum absolute atomic E-state index is 0. The van der Waals surface area contributed by atoms with Gasteiger partial charge in [-0.1, -0.05) is 107 Å². The van der Waals surface area contributed by atoms with Crippen LogP contribution in [-0.4, -0.2) is 69.1 Å². The zero-order valence-corrected chi connectivity index (χ0v) is 56.9. The smallest absolute Gasteiger partial charge is 1.00 e. The molecule has 0 radical (unpaired) electrons. The number of rotatable bonds is 11. The van der Waals surface area contributed by atoms with Crippen molar-refractivity contribution in [2.45, 2.75) is 241 Å². The van der Waals surface area contributed by atoms with E-state index >= 15 is 0 Å². The molecule has 1 aliphatic heterocycles. The van der Waals surface area contributed by atoms with E-state index in [0.717, 1.165) is 148 Å². The van der Waals surface area contributed by atoms with Gasteiger partial charge in [0.2, 0.25) is 0 Å². The van der Waals surface area contributed by atoms with Gasteiger partial charge in [0.1, 0.15) is 6.29 Å². The molecule has 3 N–H and O–H groups in total. The van der Waals surface area contributed by atoms with Crippen molar-refractivity contribution in [3.05, 3.63) is 99.4 Å². The molecule has 7 fully saturated rings. The van der Waals surface area contributed by atoms with Crippen molar-refractivity contribution in [2.75, 3.05) is 13.2 Å². The standard InChI is InChI=1S/C33H47NO2.C26H42O2.C7H4BrN.C4H8O.C3H7.ClH.Mg/c1-5-33(36)19-18-31(3)25(20-33)11-12-26-28-14-13-27(32(28,4)17-16-29(26)31)22(2)6-15-30(35)24-9-7-23(21-34)8-10-24;1-5-26(28)15-14-24(3)19(17-26)8-9-20-22-11-10-21(18(2)7-6-16-27)25(22,4)13-12-23(20)24;8-7-3-1-6(5-9)2-4-7;1-2-4-5-3-1;1-3-2;;/h7-11,22,26-30,35-36H,5-6,12-20H2,1-4H3;8,16,18,20-23,28H,5-7,9-15,17H2,1-4H3;1-4H;1-4H2;3H,1-2H3;1H;/q;;;;-1;;+2/p-1/t22-,26+,27-,28+,29+,30?,31+,32-,33+;18-,20+,21-,22+,23+,24+,25-,26+;;;;;/m11...../s1. The number of aldehydes is 1. The second-order valence-electron chi connectivity index (χ2n) is 28.5. The number of allylic oxidation sites excluding steroid dienone is 2. The number of carbonyl (C=O) groups is 1. The van der Waals surface area contributed by atoms with Crippen molar-refractivity contribution >= 4 is 45.3 Å². The van der Waals surface area contributed by atoms with Crippen molar-refractivity contribution in [3.8, 4) is 12.1 Å². The Morgan fingerprint density at radius 2 is 1.07 bits per heavy atom. The molecule has 8 aliphatic carbocycles. The van der Waals surface area contributed by atoms with E-state index in [0.29, 0.717) is 44.6 Å². The number of carbonyl (C=O) groups excluding carboxylic acids is 1. The van der Waals surface area contributed by atoms with Crippen LogP contribution in [-0.2, 0) is 9.53 Å². The number of benzene rings is 2. The van der Waals surface area contributed by atoms with Crippen LogP contribution in [0.3, 0.4) is 0 Å². The van der Waals surface area contributed by atoms with Crippen molar-refractivity contribution in [1.82, 2.24) is 0 Å². The summed E-state index contributed by atoms with van der Waals surface area (Å²) in [6.45, 7) is 25.4.